The van der Waals surface area contributed by atoms with Crippen molar-refractivity contribution in [2.45, 2.75) is 33.7 Å². The number of benzene rings is 1. The van der Waals surface area contributed by atoms with Crippen molar-refractivity contribution in [3.8, 4) is 11.6 Å². The predicted molar refractivity (Wildman–Crippen MR) is 109 cm³/mol. The minimum atomic E-state index is -0.300. The van der Waals surface area contributed by atoms with E-state index in [-0.39, 0.29) is 11.5 Å². The maximum absolute atomic E-state index is 12.7. The Hall–Kier alpha value is -3.42. The summed E-state index contributed by atoms with van der Waals surface area (Å²) in [5, 5.41) is 13.4. The van der Waals surface area contributed by atoms with Gasteiger partial charge in [0.15, 0.2) is 5.82 Å². The van der Waals surface area contributed by atoms with Gasteiger partial charge in [0.25, 0.3) is 11.5 Å². The van der Waals surface area contributed by atoms with Crippen LogP contribution in [-0.4, -0.2) is 32.5 Å². The van der Waals surface area contributed by atoms with Crippen LogP contribution in [0.4, 0.5) is 0 Å². The van der Waals surface area contributed by atoms with Crippen molar-refractivity contribution in [2.24, 2.45) is 5.92 Å². The Morgan fingerprint density at radius 2 is 2.03 bits per heavy atom. The maximum atomic E-state index is 12.7. The van der Waals surface area contributed by atoms with Crippen molar-refractivity contribution >= 4 is 5.91 Å². The number of aromatic amines is 1. The topological polar surface area (TPSA) is 102 Å². The van der Waals surface area contributed by atoms with Crippen molar-refractivity contribution in [1.82, 2.24) is 25.3 Å². The van der Waals surface area contributed by atoms with Gasteiger partial charge >= 0.3 is 0 Å². The number of amides is 1. The van der Waals surface area contributed by atoms with E-state index in [1.54, 1.807) is 13.0 Å². The van der Waals surface area contributed by atoms with Gasteiger partial charge in [0.1, 0.15) is 5.75 Å². The first kappa shape index (κ1) is 20.3. The third kappa shape index (κ3) is 5.10. The largest absolute Gasteiger partial charge is 0.493 e. The molecule has 0 bridgehead atoms. The highest BCUT2D eigenvalue weighted by Gasteiger charge is 2.16. The third-order valence-electron chi connectivity index (χ3n) is 4.50. The van der Waals surface area contributed by atoms with Crippen LogP contribution in [0.1, 0.15) is 41.9 Å². The monoisotopic (exact) mass is 395 g/mol. The van der Waals surface area contributed by atoms with Gasteiger partial charge < -0.3 is 10.1 Å². The quantitative estimate of drug-likeness (QED) is 0.610. The van der Waals surface area contributed by atoms with Gasteiger partial charge in [0.05, 0.1) is 24.1 Å². The van der Waals surface area contributed by atoms with Crippen molar-refractivity contribution < 1.29 is 9.53 Å². The van der Waals surface area contributed by atoms with Gasteiger partial charge in [-0.05, 0) is 31.4 Å². The van der Waals surface area contributed by atoms with Gasteiger partial charge in [-0.2, -0.15) is 10.2 Å². The van der Waals surface area contributed by atoms with Gasteiger partial charge in [-0.15, -0.1) is 0 Å². The lowest BCUT2D eigenvalue weighted by Crippen LogP contribution is -2.23. The summed E-state index contributed by atoms with van der Waals surface area (Å²) in [6.45, 7) is 7.07. The molecule has 0 spiro atoms. The van der Waals surface area contributed by atoms with Crippen LogP contribution in [0.15, 0.2) is 47.4 Å². The molecule has 0 unspecified atom stereocenters. The first-order chi connectivity index (χ1) is 14.0. The van der Waals surface area contributed by atoms with Gasteiger partial charge in [0, 0.05) is 18.2 Å². The Labute approximate surface area is 168 Å². The molecule has 3 rings (SSSR count). The minimum absolute atomic E-state index is 0.241. The van der Waals surface area contributed by atoms with E-state index in [1.807, 2.05) is 24.3 Å². The number of rotatable bonds is 8. The molecule has 152 valence electrons. The average molecular weight is 395 g/mol. The van der Waals surface area contributed by atoms with Crippen LogP contribution in [0, 0.1) is 12.8 Å². The van der Waals surface area contributed by atoms with E-state index in [0.29, 0.717) is 36.1 Å². The molecule has 8 heteroatoms. The molecule has 0 aliphatic heterocycles. The summed E-state index contributed by atoms with van der Waals surface area (Å²) < 4.78 is 7.38. The molecule has 2 aromatic heterocycles. The number of nitrogens with zero attached hydrogens (tertiary/aromatic N) is 3. The number of nitrogens with one attached hydrogen (secondary N) is 2. The fourth-order valence-electron chi connectivity index (χ4n) is 2.78. The summed E-state index contributed by atoms with van der Waals surface area (Å²) >= 11 is 0. The van der Waals surface area contributed by atoms with Crippen LogP contribution in [-0.2, 0) is 6.54 Å². The molecule has 0 radical (unpaired) electrons. The molecule has 0 saturated heterocycles. The van der Waals surface area contributed by atoms with Crippen LogP contribution < -0.4 is 15.6 Å². The number of aromatic nitrogens is 4. The Morgan fingerprint density at radius 3 is 2.76 bits per heavy atom. The zero-order valence-electron chi connectivity index (χ0n) is 16.8. The molecule has 3 aromatic rings. The zero-order chi connectivity index (χ0) is 20.8. The second-order valence-corrected chi connectivity index (χ2v) is 7.16. The summed E-state index contributed by atoms with van der Waals surface area (Å²) in [4.78, 5) is 23.8. The Morgan fingerprint density at radius 1 is 1.24 bits per heavy atom. The highest BCUT2D eigenvalue weighted by atomic mass is 16.5. The van der Waals surface area contributed by atoms with E-state index in [0.717, 1.165) is 17.7 Å². The number of para-hydroxylation sites is 1. The van der Waals surface area contributed by atoms with Crippen LogP contribution in [0.3, 0.4) is 0 Å². The molecule has 0 aliphatic rings. The smallest absolute Gasteiger partial charge is 0.264 e. The van der Waals surface area contributed by atoms with Gasteiger partial charge in [0.2, 0.25) is 0 Å². The standard InChI is InChI=1S/C21H25N5O3/c1-14(2)10-11-29-18-7-5-4-6-16(18)12-22-21(28)17-13-23-26(15(17)3)19-8-9-20(27)25-24-19/h4-9,13-14H,10-12H2,1-3H3,(H,22,28)(H,25,27). The second-order valence-electron chi connectivity index (χ2n) is 7.16. The lowest BCUT2D eigenvalue weighted by molar-refractivity contribution is 0.0950. The van der Waals surface area contributed by atoms with Crippen molar-refractivity contribution in [3.05, 3.63) is 69.8 Å². The highest BCUT2D eigenvalue weighted by molar-refractivity contribution is 5.95. The summed E-state index contributed by atoms with van der Waals surface area (Å²) in [5.74, 6) is 1.54. The van der Waals surface area contributed by atoms with E-state index in [2.05, 4.69) is 34.5 Å². The first-order valence-electron chi connectivity index (χ1n) is 9.55. The molecule has 29 heavy (non-hydrogen) atoms. The lowest BCUT2D eigenvalue weighted by atomic mass is 10.1. The fraction of sp³-hybridized carbons (Fsp3) is 0.333. The number of carbonyl (C=O) groups excluding carboxylic acids is 1. The maximum Gasteiger partial charge on any atom is 0.264 e. The summed E-state index contributed by atoms with van der Waals surface area (Å²) in [6, 6.07) is 10.6. The van der Waals surface area contributed by atoms with Crippen molar-refractivity contribution in [2.75, 3.05) is 6.61 Å². The second kappa shape index (κ2) is 9.18. The molecule has 2 N–H and O–H groups in total. The van der Waals surface area contributed by atoms with Crippen LogP contribution >= 0.6 is 0 Å². The van der Waals surface area contributed by atoms with Crippen LogP contribution in [0.5, 0.6) is 5.75 Å². The summed E-state index contributed by atoms with van der Waals surface area (Å²) in [7, 11) is 0. The number of carbonyl (C=O) groups is 1. The van der Waals surface area contributed by atoms with E-state index in [9.17, 15) is 9.59 Å². The molecule has 1 amide bonds. The number of hydrogen-bond donors (Lipinski definition) is 2. The molecule has 0 fully saturated rings. The van der Waals surface area contributed by atoms with Crippen LogP contribution in [0.25, 0.3) is 5.82 Å². The van der Waals surface area contributed by atoms with Gasteiger partial charge in [-0.3, -0.25) is 9.59 Å². The average Bonchev–Trinajstić information content (AvgIpc) is 3.09. The molecular formula is C21H25N5O3. The predicted octanol–water partition coefficient (Wildman–Crippen LogP) is 2.62. The Balaban J connectivity index is 1.68. The summed E-state index contributed by atoms with van der Waals surface area (Å²) in [6.07, 6.45) is 2.46. The number of hydrogen-bond acceptors (Lipinski definition) is 5. The number of ether oxygens (including phenoxy) is 1. The molecule has 0 aliphatic carbocycles. The van der Waals surface area contributed by atoms with E-state index in [1.165, 1.54) is 16.9 Å². The molecule has 0 saturated carbocycles. The summed E-state index contributed by atoms with van der Waals surface area (Å²) in [5.41, 5.74) is 1.68. The molecule has 2 heterocycles. The fourth-order valence-corrected chi connectivity index (χ4v) is 2.78. The van der Waals surface area contributed by atoms with E-state index < -0.39 is 0 Å². The molecule has 8 nitrogen and oxygen atoms in total. The zero-order valence-corrected chi connectivity index (χ0v) is 16.8. The molecule has 1 aromatic carbocycles. The lowest BCUT2D eigenvalue weighted by Gasteiger charge is -2.13. The van der Waals surface area contributed by atoms with Gasteiger partial charge in [-0.25, -0.2) is 9.78 Å². The third-order valence-corrected chi connectivity index (χ3v) is 4.50. The normalized spacial score (nSPS) is 10.9. The molecular weight excluding hydrogens is 370 g/mol. The SMILES string of the molecule is Cc1c(C(=O)NCc2ccccc2OCCC(C)C)cnn1-c1ccc(=O)[nH]n1. The Bertz CT molecular complexity index is 1020. The molecule has 0 atom stereocenters. The van der Waals surface area contributed by atoms with E-state index >= 15 is 0 Å². The first-order valence-corrected chi connectivity index (χ1v) is 9.55. The Kier molecular flexibility index (Phi) is 6.43. The number of H-pyrrole nitrogens is 1. The van der Waals surface area contributed by atoms with Crippen molar-refractivity contribution in [1.29, 1.82) is 0 Å². The van der Waals surface area contributed by atoms with Crippen molar-refractivity contribution in [3.63, 3.8) is 0 Å². The van der Waals surface area contributed by atoms with Gasteiger partial charge in [-0.1, -0.05) is 32.0 Å². The van der Waals surface area contributed by atoms with Crippen LogP contribution in [0.2, 0.25) is 0 Å². The van der Waals surface area contributed by atoms with E-state index in [4.69, 9.17) is 4.74 Å². The highest BCUT2D eigenvalue weighted by Crippen LogP contribution is 2.19. The minimum Gasteiger partial charge on any atom is -0.493 e.